The molecule has 6 heteroatoms. The van der Waals surface area contributed by atoms with Crippen LogP contribution in [0.2, 0.25) is 0 Å². The van der Waals surface area contributed by atoms with E-state index in [1.165, 1.54) is 25.7 Å². The average molecular weight is 272 g/mol. The molecule has 0 fully saturated rings. The lowest BCUT2D eigenvalue weighted by atomic mass is 10.1. The summed E-state index contributed by atoms with van der Waals surface area (Å²) in [6.07, 6.45) is 7.78. The maximum Gasteiger partial charge on any atom is 0.330 e. The molecule has 1 N–H and O–H groups in total. The van der Waals surface area contributed by atoms with Gasteiger partial charge in [0.2, 0.25) is 5.82 Å². The van der Waals surface area contributed by atoms with Crippen LogP contribution in [-0.4, -0.2) is 16.2 Å². The molecule has 0 bridgehead atoms. The van der Waals surface area contributed by atoms with Crippen LogP contribution < -0.4 is 11.2 Å². The lowest BCUT2D eigenvalue weighted by Crippen LogP contribution is -2.32. The summed E-state index contributed by atoms with van der Waals surface area (Å²) in [6.45, 7) is 2.66. The van der Waals surface area contributed by atoms with Gasteiger partial charge < -0.3 is 4.74 Å². The van der Waals surface area contributed by atoms with Crippen LogP contribution in [0.4, 0.5) is 4.39 Å². The number of hydrogen-bond acceptors (Lipinski definition) is 3. The summed E-state index contributed by atoms with van der Waals surface area (Å²) in [5.41, 5.74) is -1.66. The largest absolute Gasteiger partial charge is 0.361 e. The predicted molar refractivity (Wildman–Crippen MR) is 70.6 cm³/mol. The average Bonchev–Trinajstić information content (AvgIpc) is 2.38. The van der Waals surface area contributed by atoms with E-state index in [1.807, 2.05) is 4.98 Å². The highest BCUT2D eigenvalue weighted by Gasteiger charge is 2.03. The third-order valence-corrected chi connectivity index (χ3v) is 2.84. The van der Waals surface area contributed by atoms with Crippen molar-refractivity contribution in [3.05, 3.63) is 32.9 Å². The molecule has 0 aromatic carbocycles. The van der Waals surface area contributed by atoms with E-state index < -0.39 is 17.1 Å². The summed E-state index contributed by atoms with van der Waals surface area (Å²) >= 11 is 0. The van der Waals surface area contributed by atoms with Gasteiger partial charge in [-0.2, -0.15) is 4.39 Å². The summed E-state index contributed by atoms with van der Waals surface area (Å²) in [5, 5.41) is 0. The van der Waals surface area contributed by atoms with Crippen LogP contribution >= 0.6 is 0 Å². The van der Waals surface area contributed by atoms with E-state index in [4.69, 9.17) is 4.74 Å². The second kappa shape index (κ2) is 8.63. The zero-order valence-corrected chi connectivity index (χ0v) is 11.3. The third kappa shape index (κ3) is 5.83. The van der Waals surface area contributed by atoms with E-state index in [1.54, 1.807) is 0 Å². The van der Waals surface area contributed by atoms with Gasteiger partial charge >= 0.3 is 5.69 Å². The van der Waals surface area contributed by atoms with Gasteiger partial charge in [0.1, 0.15) is 6.73 Å². The number of nitrogens with zero attached hydrogens (tertiary/aromatic N) is 1. The van der Waals surface area contributed by atoms with E-state index in [-0.39, 0.29) is 6.73 Å². The van der Waals surface area contributed by atoms with Gasteiger partial charge in [-0.3, -0.25) is 14.3 Å². The normalized spacial score (nSPS) is 10.8. The Balaban J connectivity index is 2.21. The molecule has 1 aromatic rings. The standard InChI is InChI=1S/C13H21FN2O3/c1-2-3-4-5-6-7-8-19-10-16-9-11(14)12(17)15-13(16)18/h9H,2-8,10H2,1H3,(H,15,17,18). The summed E-state index contributed by atoms with van der Waals surface area (Å²) < 4.78 is 19.2. The summed E-state index contributed by atoms with van der Waals surface area (Å²) in [4.78, 5) is 24.0. The van der Waals surface area contributed by atoms with Gasteiger partial charge in [-0.15, -0.1) is 0 Å². The minimum atomic E-state index is -1.00. The lowest BCUT2D eigenvalue weighted by molar-refractivity contribution is 0.0698. The molecule has 1 heterocycles. The number of unbranched alkanes of at least 4 members (excludes halogenated alkanes) is 5. The van der Waals surface area contributed by atoms with Crippen LogP contribution in [0.3, 0.4) is 0 Å². The van der Waals surface area contributed by atoms with Crippen LogP contribution in [0.15, 0.2) is 15.8 Å². The molecule has 0 saturated heterocycles. The van der Waals surface area contributed by atoms with Crippen LogP contribution in [0.1, 0.15) is 45.4 Å². The molecule has 0 spiro atoms. The fraction of sp³-hybridized carbons (Fsp3) is 0.692. The molecule has 1 rings (SSSR count). The maximum absolute atomic E-state index is 12.9. The quantitative estimate of drug-likeness (QED) is 0.699. The van der Waals surface area contributed by atoms with Gasteiger partial charge in [0.25, 0.3) is 5.56 Å². The highest BCUT2D eigenvalue weighted by atomic mass is 19.1. The molecule has 108 valence electrons. The molecule has 0 amide bonds. The number of ether oxygens (including phenoxy) is 1. The minimum absolute atomic E-state index is 0.0402. The van der Waals surface area contributed by atoms with E-state index >= 15 is 0 Å². The molecule has 5 nitrogen and oxygen atoms in total. The fourth-order valence-corrected chi connectivity index (χ4v) is 1.73. The zero-order chi connectivity index (χ0) is 14.1. The van der Waals surface area contributed by atoms with Crippen molar-refractivity contribution in [2.24, 2.45) is 0 Å². The molecule has 0 aliphatic carbocycles. The van der Waals surface area contributed by atoms with Gasteiger partial charge in [0, 0.05) is 6.61 Å². The molecule has 1 aromatic heterocycles. The summed E-state index contributed by atoms with van der Waals surface area (Å²) in [6, 6.07) is 0. The number of halogens is 1. The topological polar surface area (TPSA) is 64.1 Å². The van der Waals surface area contributed by atoms with E-state index in [0.717, 1.165) is 23.6 Å². The molecular formula is C13H21FN2O3. The van der Waals surface area contributed by atoms with Gasteiger partial charge in [-0.1, -0.05) is 39.0 Å². The SMILES string of the molecule is CCCCCCCCOCn1cc(F)c(=O)[nH]c1=O. The summed E-state index contributed by atoms with van der Waals surface area (Å²) in [7, 11) is 0. The smallest absolute Gasteiger partial charge is 0.330 e. The van der Waals surface area contributed by atoms with Crippen molar-refractivity contribution < 1.29 is 9.13 Å². The number of nitrogens with one attached hydrogen (secondary N) is 1. The number of hydrogen-bond donors (Lipinski definition) is 1. The Labute approximate surface area is 111 Å². The fourth-order valence-electron chi connectivity index (χ4n) is 1.73. The highest BCUT2D eigenvalue weighted by molar-refractivity contribution is 4.86. The van der Waals surface area contributed by atoms with Crippen LogP contribution in [0, 0.1) is 5.82 Å². The van der Waals surface area contributed by atoms with Crippen molar-refractivity contribution in [2.75, 3.05) is 6.61 Å². The van der Waals surface area contributed by atoms with E-state index in [9.17, 15) is 14.0 Å². The first-order valence-electron chi connectivity index (χ1n) is 6.72. The van der Waals surface area contributed by atoms with Gasteiger partial charge in [-0.05, 0) is 6.42 Å². The summed E-state index contributed by atoms with van der Waals surface area (Å²) in [5.74, 6) is -0.984. The van der Waals surface area contributed by atoms with Crippen molar-refractivity contribution in [3.8, 4) is 0 Å². The molecule has 0 atom stereocenters. The van der Waals surface area contributed by atoms with Crippen molar-refractivity contribution >= 4 is 0 Å². The van der Waals surface area contributed by atoms with Gasteiger partial charge in [0.15, 0.2) is 0 Å². The maximum atomic E-state index is 12.9. The monoisotopic (exact) mass is 272 g/mol. The number of aromatic amines is 1. The number of aromatic nitrogens is 2. The number of H-pyrrole nitrogens is 1. The van der Waals surface area contributed by atoms with Crippen molar-refractivity contribution in [2.45, 2.75) is 52.2 Å². The minimum Gasteiger partial charge on any atom is -0.361 e. The van der Waals surface area contributed by atoms with Crippen molar-refractivity contribution in [1.82, 2.24) is 9.55 Å². The highest BCUT2D eigenvalue weighted by Crippen LogP contribution is 2.04. The zero-order valence-electron chi connectivity index (χ0n) is 11.3. The Morgan fingerprint density at radius 3 is 2.63 bits per heavy atom. The molecule has 0 unspecified atom stereocenters. The van der Waals surface area contributed by atoms with Gasteiger partial charge in [-0.25, -0.2) is 4.79 Å². The third-order valence-electron chi connectivity index (χ3n) is 2.84. The Kier molecular flexibility index (Phi) is 7.10. The van der Waals surface area contributed by atoms with Crippen LogP contribution in [-0.2, 0) is 11.5 Å². The van der Waals surface area contributed by atoms with Crippen molar-refractivity contribution in [3.63, 3.8) is 0 Å². The molecule has 0 aliphatic rings. The lowest BCUT2D eigenvalue weighted by Gasteiger charge is -2.06. The van der Waals surface area contributed by atoms with Crippen LogP contribution in [0.25, 0.3) is 0 Å². The Hall–Kier alpha value is -1.43. The molecule has 19 heavy (non-hydrogen) atoms. The van der Waals surface area contributed by atoms with Crippen LogP contribution in [0.5, 0.6) is 0 Å². The first-order valence-corrected chi connectivity index (χ1v) is 6.72. The first-order chi connectivity index (χ1) is 9.15. The predicted octanol–water partition coefficient (Wildman–Crippen LogP) is 2.01. The molecule has 0 saturated carbocycles. The second-order valence-corrected chi connectivity index (χ2v) is 4.51. The second-order valence-electron chi connectivity index (χ2n) is 4.51. The molecular weight excluding hydrogens is 251 g/mol. The van der Waals surface area contributed by atoms with E-state index in [2.05, 4.69) is 6.92 Å². The van der Waals surface area contributed by atoms with Crippen molar-refractivity contribution in [1.29, 1.82) is 0 Å². The molecule has 0 radical (unpaired) electrons. The molecule has 0 aliphatic heterocycles. The Morgan fingerprint density at radius 1 is 1.21 bits per heavy atom. The Bertz CT molecular complexity index is 482. The van der Waals surface area contributed by atoms with Gasteiger partial charge in [0.05, 0.1) is 6.20 Å². The van der Waals surface area contributed by atoms with E-state index in [0.29, 0.717) is 6.61 Å². The number of rotatable bonds is 9. The Morgan fingerprint density at radius 2 is 1.89 bits per heavy atom. The first kappa shape index (κ1) is 15.6.